The number of rotatable bonds is 19. The van der Waals surface area contributed by atoms with Crippen molar-refractivity contribution in [3.63, 3.8) is 0 Å². The second-order valence-corrected chi connectivity index (χ2v) is 9.82. The van der Waals surface area contributed by atoms with Gasteiger partial charge in [0, 0.05) is 19.5 Å². The van der Waals surface area contributed by atoms with Gasteiger partial charge in [0.2, 0.25) is 0 Å². The van der Waals surface area contributed by atoms with Crippen LogP contribution in [0.25, 0.3) is 0 Å². The van der Waals surface area contributed by atoms with Gasteiger partial charge in [-0.25, -0.2) is 0 Å². The van der Waals surface area contributed by atoms with Gasteiger partial charge in [-0.3, -0.25) is 4.99 Å². The van der Waals surface area contributed by atoms with E-state index >= 15 is 0 Å². The third-order valence-corrected chi connectivity index (χ3v) is 6.16. The molecule has 0 atom stereocenters. The van der Waals surface area contributed by atoms with E-state index in [0.717, 1.165) is 6.54 Å². The summed E-state index contributed by atoms with van der Waals surface area (Å²) in [5.41, 5.74) is 0.137. The number of hydrogen-bond acceptors (Lipinski definition) is 2. The molecule has 0 N–H and O–H groups in total. The van der Waals surface area contributed by atoms with Gasteiger partial charge >= 0.3 is 0 Å². The standard InChI is InChI=1S/C26H52N2/c1-5-7-9-10-11-12-13-14-15-16-17-18-19-20-21-22-25-27-26(3,4)24-28(25)23-8-6-2/h5-24H2,1-4H3. The minimum Gasteiger partial charge on any atom is -0.358 e. The second kappa shape index (κ2) is 16.3. The van der Waals surface area contributed by atoms with Crippen LogP contribution in [0.4, 0.5) is 0 Å². The molecule has 0 aromatic heterocycles. The first-order chi connectivity index (χ1) is 13.6. The zero-order chi connectivity index (χ0) is 20.5. The Labute approximate surface area is 178 Å². The zero-order valence-corrected chi connectivity index (χ0v) is 20.0. The third-order valence-electron chi connectivity index (χ3n) is 6.16. The predicted octanol–water partition coefficient (Wildman–Crippen LogP) is 8.54. The van der Waals surface area contributed by atoms with Crippen molar-refractivity contribution >= 4 is 5.84 Å². The van der Waals surface area contributed by atoms with Crippen LogP contribution >= 0.6 is 0 Å². The molecule has 1 aliphatic heterocycles. The third kappa shape index (κ3) is 12.8. The molecular weight excluding hydrogens is 340 g/mol. The van der Waals surface area contributed by atoms with Crippen LogP contribution in [0.3, 0.4) is 0 Å². The van der Waals surface area contributed by atoms with Gasteiger partial charge in [0.15, 0.2) is 0 Å². The summed E-state index contributed by atoms with van der Waals surface area (Å²) in [6.07, 6.45) is 25.3. The molecule has 166 valence electrons. The molecule has 1 heterocycles. The van der Waals surface area contributed by atoms with Gasteiger partial charge in [-0.1, -0.05) is 110 Å². The van der Waals surface area contributed by atoms with Crippen molar-refractivity contribution < 1.29 is 0 Å². The van der Waals surface area contributed by atoms with Crippen LogP contribution in [0.1, 0.15) is 143 Å². The maximum atomic E-state index is 5.00. The van der Waals surface area contributed by atoms with Crippen LogP contribution in [-0.2, 0) is 0 Å². The molecule has 1 rings (SSSR count). The smallest absolute Gasteiger partial charge is 0.0997 e. The number of amidine groups is 1. The van der Waals surface area contributed by atoms with Gasteiger partial charge in [0.1, 0.15) is 0 Å². The molecule has 0 saturated carbocycles. The summed E-state index contributed by atoms with van der Waals surface area (Å²) >= 11 is 0. The van der Waals surface area contributed by atoms with E-state index in [0.29, 0.717) is 0 Å². The summed E-state index contributed by atoms with van der Waals surface area (Å²) < 4.78 is 0. The molecular formula is C26H52N2. The Bertz CT molecular complexity index is 386. The molecule has 0 fully saturated rings. The van der Waals surface area contributed by atoms with Gasteiger partial charge in [-0.2, -0.15) is 0 Å². The molecule has 0 radical (unpaired) electrons. The average Bonchev–Trinajstić information content (AvgIpc) is 2.96. The maximum absolute atomic E-state index is 5.00. The lowest BCUT2D eigenvalue weighted by atomic mass is 10.0. The van der Waals surface area contributed by atoms with Crippen molar-refractivity contribution in [2.24, 2.45) is 4.99 Å². The number of nitrogens with zero attached hydrogens (tertiary/aromatic N) is 2. The Hall–Kier alpha value is -0.530. The number of aliphatic imine (C=N–C) groups is 1. The lowest BCUT2D eigenvalue weighted by molar-refractivity contribution is 0.364. The molecule has 2 heteroatoms. The predicted molar refractivity (Wildman–Crippen MR) is 128 cm³/mol. The van der Waals surface area contributed by atoms with Crippen LogP contribution in [0.15, 0.2) is 4.99 Å². The molecule has 0 spiro atoms. The highest BCUT2D eigenvalue weighted by molar-refractivity contribution is 5.84. The summed E-state index contributed by atoms with van der Waals surface area (Å²) in [5.74, 6) is 1.40. The van der Waals surface area contributed by atoms with Crippen LogP contribution in [0.2, 0.25) is 0 Å². The monoisotopic (exact) mass is 392 g/mol. The largest absolute Gasteiger partial charge is 0.358 e. The quantitative estimate of drug-likeness (QED) is 0.201. The molecule has 0 saturated heterocycles. The van der Waals surface area contributed by atoms with Crippen molar-refractivity contribution in [2.45, 2.75) is 149 Å². The first-order valence-electron chi connectivity index (χ1n) is 12.9. The summed E-state index contributed by atoms with van der Waals surface area (Å²) in [7, 11) is 0. The molecule has 0 unspecified atom stereocenters. The van der Waals surface area contributed by atoms with Gasteiger partial charge in [-0.15, -0.1) is 0 Å². The molecule has 2 nitrogen and oxygen atoms in total. The van der Waals surface area contributed by atoms with Crippen molar-refractivity contribution in [2.75, 3.05) is 13.1 Å². The molecule has 0 bridgehead atoms. The lowest BCUT2D eigenvalue weighted by Gasteiger charge is -2.22. The minimum atomic E-state index is 0.137. The van der Waals surface area contributed by atoms with Gasteiger partial charge in [-0.05, 0) is 26.7 Å². The van der Waals surface area contributed by atoms with Crippen molar-refractivity contribution in [1.29, 1.82) is 0 Å². The van der Waals surface area contributed by atoms with Crippen LogP contribution < -0.4 is 0 Å². The Morgan fingerprint density at radius 2 is 1.07 bits per heavy atom. The topological polar surface area (TPSA) is 15.6 Å². The molecule has 0 aromatic rings. The van der Waals surface area contributed by atoms with Crippen molar-refractivity contribution in [3.8, 4) is 0 Å². The van der Waals surface area contributed by atoms with Crippen LogP contribution in [0.5, 0.6) is 0 Å². The first kappa shape index (κ1) is 25.5. The van der Waals surface area contributed by atoms with Gasteiger partial charge in [0.25, 0.3) is 0 Å². The summed E-state index contributed by atoms with van der Waals surface area (Å²) in [4.78, 5) is 7.56. The van der Waals surface area contributed by atoms with E-state index in [2.05, 4.69) is 32.6 Å². The van der Waals surface area contributed by atoms with E-state index in [1.54, 1.807) is 0 Å². The molecule has 0 aliphatic carbocycles. The Morgan fingerprint density at radius 1 is 0.643 bits per heavy atom. The Morgan fingerprint density at radius 3 is 1.54 bits per heavy atom. The number of hydrogen-bond donors (Lipinski definition) is 0. The van der Waals surface area contributed by atoms with Gasteiger partial charge < -0.3 is 4.90 Å². The normalized spacial score (nSPS) is 16.0. The Balaban J connectivity index is 1.91. The fourth-order valence-electron chi connectivity index (χ4n) is 4.44. The maximum Gasteiger partial charge on any atom is 0.0997 e. The summed E-state index contributed by atoms with van der Waals surface area (Å²) in [6, 6.07) is 0. The molecule has 1 aliphatic rings. The zero-order valence-electron chi connectivity index (χ0n) is 20.0. The van der Waals surface area contributed by atoms with E-state index in [1.807, 2.05) is 0 Å². The van der Waals surface area contributed by atoms with Crippen LogP contribution in [-0.4, -0.2) is 29.4 Å². The fourth-order valence-corrected chi connectivity index (χ4v) is 4.44. The highest BCUT2D eigenvalue weighted by Crippen LogP contribution is 2.23. The molecule has 0 aromatic carbocycles. The van der Waals surface area contributed by atoms with E-state index in [1.165, 1.54) is 128 Å². The highest BCUT2D eigenvalue weighted by Gasteiger charge is 2.29. The molecule has 0 amide bonds. The van der Waals surface area contributed by atoms with Crippen LogP contribution in [0, 0.1) is 0 Å². The van der Waals surface area contributed by atoms with Gasteiger partial charge in [0.05, 0.1) is 11.4 Å². The van der Waals surface area contributed by atoms with E-state index in [-0.39, 0.29) is 5.54 Å². The SMILES string of the molecule is CCCCCCCCCCCCCCCCCC1=NC(C)(C)CN1CCCC. The molecule has 28 heavy (non-hydrogen) atoms. The van der Waals surface area contributed by atoms with E-state index in [4.69, 9.17) is 4.99 Å². The van der Waals surface area contributed by atoms with E-state index in [9.17, 15) is 0 Å². The van der Waals surface area contributed by atoms with E-state index < -0.39 is 0 Å². The second-order valence-electron chi connectivity index (χ2n) is 9.82. The van der Waals surface area contributed by atoms with Crippen molar-refractivity contribution in [3.05, 3.63) is 0 Å². The highest BCUT2D eigenvalue weighted by atomic mass is 15.3. The summed E-state index contributed by atoms with van der Waals surface area (Å²) in [6.45, 7) is 11.5. The Kier molecular flexibility index (Phi) is 14.8. The average molecular weight is 393 g/mol. The fraction of sp³-hybridized carbons (Fsp3) is 0.962. The minimum absolute atomic E-state index is 0.137. The summed E-state index contributed by atoms with van der Waals surface area (Å²) in [5, 5.41) is 0. The lowest BCUT2D eigenvalue weighted by Crippen LogP contribution is -2.33. The van der Waals surface area contributed by atoms with Crippen molar-refractivity contribution in [1.82, 2.24) is 4.90 Å². The first-order valence-corrected chi connectivity index (χ1v) is 12.9. The number of unbranched alkanes of at least 4 members (excludes halogenated alkanes) is 15.